The summed E-state index contributed by atoms with van der Waals surface area (Å²) in [5.74, 6) is 0.939. The van der Waals surface area contributed by atoms with Crippen molar-refractivity contribution in [2.45, 2.75) is 38.6 Å². The lowest BCUT2D eigenvalue weighted by atomic mass is 9.89. The normalized spacial score (nSPS) is 27.8. The Hall–Kier alpha value is -0.410. The summed E-state index contributed by atoms with van der Waals surface area (Å²) in [4.78, 5) is 5.53. The van der Waals surface area contributed by atoms with Gasteiger partial charge in [-0.25, -0.2) is 0 Å². The number of aromatic nitrogens is 1. The standard InChI is InChI=1S/C11H18N2S/c1-2-9-3-4-13-10(5-9)6-11-7-12-8-14-11/h7-10,13H,2-6H2,1H3. The van der Waals surface area contributed by atoms with Gasteiger partial charge in [-0.1, -0.05) is 13.3 Å². The van der Waals surface area contributed by atoms with Crippen LogP contribution in [0.5, 0.6) is 0 Å². The molecule has 14 heavy (non-hydrogen) atoms. The van der Waals surface area contributed by atoms with Crippen LogP contribution < -0.4 is 5.32 Å². The molecule has 0 aromatic carbocycles. The minimum Gasteiger partial charge on any atom is -0.314 e. The van der Waals surface area contributed by atoms with Crippen LogP contribution in [0.2, 0.25) is 0 Å². The minimum atomic E-state index is 0.689. The molecule has 1 aliphatic heterocycles. The van der Waals surface area contributed by atoms with Gasteiger partial charge >= 0.3 is 0 Å². The van der Waals surface area contributed by atoms with E-state index in [0.29, 0.717) is 6.04 Å². The highest BCUT2D eigenvalue weighted by Crippen LogP contribution is 2.22. The Balaban J connectivity index is 1.86. The number of hydrogen-bond donors (Lipinski definition) is 1. The van der Waals surface area contributed by atoms with Gasteiger partial charge in [-0.15, -0.1) is 11.3 Å². The monoisotopic (exact) mass is 210 g/mol. The Bertz CT molecular complexity index is 258. The molecule has 78 valence electrons. The molecule has 2 rings (SSSR count). The van der Waals surface area contributed by atoms with Crippen molar-refractivity contribution in [3.63, 3.8) is 0 Å². The van der Waals surface area contributed by atoms with Crippen LogP contribution in [0.1, 0.15) is 31.1 Å². The first-order valence-electron chi connectivity index (χ1n) is 5.49. The van der Waals surface area contributed by atoms with E-state index in [0.717, 1.165) is 5.92 Å². The summed E-state index contributed by atoms with van der Waals surface area (Å²) in [5, 5.41) is 3.60. The summed E-state index contributed by atoms with van der Waals surface area (Å²) in [6.07, 6.45) is 7.20. The van der Waals surface area contributed by atoms with E-state index in [1.165, 1.54) is 37.1 Å². The molecule has 1 N–H and O–H groups in total. The average Bonchev–Trinajstić information content (AvgIpc) is 2.71. The van der Waals surface area contributed by atoms with E-state index >= 15 is 0 Å². The Morgan fingerprint density at radius 2 is 2.57 bits per heavy atom. The number of rotatable bonds is 3. The fourth-order valence-electron chi connectivity index (χ4n) is 2.21. The summed E-state index contributed by atoms with van der Waals surface area (Å²) in [7, 11) is 0. The molecule has 0 spiro atoms. The van der Waals surface area contributed by atoms with Crippen molar-refractivity contribution in [1.29, 1.82) is 0 Å². The molecule has 0 amide bonds. The van der Waals surface area contributed by atoms with Gasteiger partial charge in [0, 0.05) is 17.1 Å². The number of piperidine rings is 1. The molecule has 3 heteroatoms. The van der Waals surface area contributed by atoms with Crippen LogP contribution in [-0.2, 0) is 6.42 Å². The van der Waals surface area contributed by atoms with Crippen LogP contribution in [0.25, 0.3) is 0 Å². The molecule has 0 saturated carbocycles. The van der Waals surface area contributed by atoms with E-state index in [1.54, 1.807) is 11.3 Å². The molecule has 1 saturated heterocycles. The first-order chi connectivity index (χ1) is 6.88. The number of thiazole rings is 1. The lowest BCUT2D eigenvalue weighted by Gasteiger charge is -2.29. The Morgan fingerprint density at radius 1 is 1.64 bits per heavy atom. The van der Waals surface area contributed by atoms with Crippen LogP contribution in [-0.4, -0.2) is 17.6 Å². The van der Waals surface area contributed by atoms with Crippen molar-refractivity contribution in [2.75, 3.05) is 6.54 Å². The summed E-state index contributed by atoms with van der Waals surface area (Å²) >= 11 is 1.77. The zero-order chi connectivity index (χ0) is 9.80. The maximum atomic E-state index is 4.12. The van der Waals surface area contributed by atoms with Crippen molar-refractivity contribution in [3.8, 4) is 0 Å². The zero-order valence-electron chi connectivity index (χ0n) is 8.70. The van der Waals surface area contributed by atoms with E-state index < -0.39 is 0 Å². The summed E-state index contributed by atoms with van der Waals surface area (Å²) < 4.78 is 0. The fourth-order valence-corrected chi connectivity index (χ4v) is 2.88. The van der Waals surface area contributed by atoms with Gasteiger partial charge in [0.25, 0.3) is 0 Å². The summed E-state index contributed by atoms with van der Waals surface area (Å²) in [6.45, 7) is 3.50. The van der Waals surface area contributed by atoms with Crippen molar-refractivity contribution in [3.05, 3.63) is 16.6 Å². The molecule has 1 aromatic rings. The molecule has 2 heterocycles. The van der Waals surface area contributed by atoms with Crippen LogP contribution in [0.15, 0.2) is 11.7 Å². The number of nitrogens with one attached hydrogen (secondary N) is 1. The van der Waals surface area contributed by atoms with Gasteiger partial charge in [0.05, 0.1) is 5.51 Å². The van der Waals surface area contributed by atoms with Crippen molar-refractivity contribution in [2.24, 2.45) is 5.92 Å². The van der Waals surface area contributed by atoms with E-state index in [-0.39, 0.29) is 0 Å². The predicted octanol–water partition coefficient (Wildman–Crippen LogP) is 2.46. The second-order valence-electron chi connectivity index (χ2n) is 4.12. The summed E-state index contributed by atoms with van der Waals surface area (Å²) in [6, 6.07) is 0.689. The fraction of sp³-hybridized carbons (Fsp3) is 0.727. The molecule has 1 aliphatic rings. The first kappa shape index (κ1) is 10.1. The third kappa shape index (κ3) is 2.55. The molecule has 0 aliphatic carbocycles. The second kappa shape index (κ2) is 4.89. The van der Waals surface area contributed by atoms with Gasteiger partial charge in [-0.3, -0.25) is 4.98 Å². The highest BCUT2D eigenvalue weighted by molar-refractivity contribution is 7.09. The molecule has 2 nitrogen and oxygen atoms in total. The predicted molar refractivity (Wildman–Crippen MR) is 60.6 cm³/mol. The van der Waals surface area contributed by atoms with E-state index in [2.05, 4.69) is 17.2 Å². The van der Waals surface area contributed by atoms with Crippen LogP contribution in [0, 0.1) is 5.92 Å². The molecule has 1 aromatic heterocycles. The van der Waals surface area contributed by atoms with E-state index in [1.807, 2.05) is 11.7 Å². The Labute approximate surface area is 89.8 Å². The second-order valence-corrected chi connectivity index (χ2v) is 5.09. The van der Waals surface area contributed by atoms with Crippen molar-refractivity contribution >= 4 is 11.3 Å². The smallest absolute Gasteiger partial charge is 0.0794 e. The van der Waals surface area contributed by atoms with Gasteiger partial charge in [0.2, 0.25) is 0 Å². The molecule has 1 fully saturated rings. The largest absolute Gasteiger partial charge is 0.314 e. The lowest BCUT2D eigenvalue weighted by Crippen LogP contribution is -2.39. The first-order valence-corrected chi connectivity index (χ1v) is 6.37. The third-order valence-electron chi connectivity index (χ3n) is 3.11. The van der Waals surface area contributed by atoms with Gasteiger partial charge < -0.3 is 5.32 Å². The quantitative estimate of drug-likeness (QED) is 0.829. The zero-order valence-corrected chi connectivity index (χ0v) is 9.52. The average molecular weight is 210 g/mol. The topological polar surface area (TPSA) is 24.9 Å². The minimum absolute atomic E-state index is 0.689. The van der Waals surface area contributed by atoms with Crippen molar-refractivity contribution < 1.29 is 0 Å². The van der Waals surface area contributed by atoms with Gasteiger partial charge in [0.15, 0.2) is 0 Å². The Morgan fingerprint density at radius 3 is 3.29 bits per heavy atom. The summed E-state index contributed by atoms with van der Waals surface area (Å²) in [5.41, 5.74) is 1.93. The number of nitrogens with zero attached hydrogens (tertiary/aromatic N) is 1. The highest BCUT2D eigenvalue weighted by Gasteiger charge is 2.20. The molecule has 0 bridgehead atoms. The van der Waals surface area contributed by atoms with Crippen molar-refractivity contribution in [1.82, 2.24) is 10.3 Å². The van der Waals surface area contributed by atoms with Crippen LogP contribution >= 0.6 is 11.3 Å². The van der Waals surface area contributed by atoms with E-state index in [4.69, 9.17) is 0 Å². The van der Waals surface area contributed by atoms with E-state index in [9.17, 15) is 0 Å². The lowest BCUT2D eigenvalue weighted by molar-refractivity contribution is 0.295. The van der Waals surface area contributed by atoms with Gasteiger partial charge in [-0.2, -0.15) is 0 Å². The molecule has 2 unspecified atom stereocenters. The van der Waals surface area contributed by atoms with Crippen LogP contribution in [0.4, 0.5) is 0 Å². The number of hydrogen-bond acceptors (Lipinski definition) is 3. The third-order valence-corrected chi connectivity index (χ3v) is 3.91. The molecule has 0 radical (unpaired) electrons. The highest BCUT2D eigenvalue weighted by atomic mass is 32.1. The van der Waals surface area contributed by atoms with Crippen LogP contribution in [0.3, 0.4) is 0 Å². The maximum Gasteiger partial charge on any atom is 0.0794 e. The maximum absolute atomic E-state index is 4.12. The Kier molecular flexibility index (Phi) is 3.54. The van der Waals surface area contributed by atoms with Gasteiger partial charge in [0.1, 0.15) is 0 Å². The molecular weight excluding hydrogens is 192 g/mol. The SMILES string of the molecule is CCC1CCNC(Cc2cncs2)C1. The molecule has 2 atom stereocenters. The van der Waals surface area contributed by atoms with Gasteiger partial charge in [-0.05, 0) is 31.7 Å². The molecular formula is C11H18N2S.